The summed E-state index contributed by atoms with van der Waals surface area (Å²) >= 11 is 0. The van der Waals surface area contributed by atoms with Gasteiger partial charge in [-0.2, -0.15) is 0 Å². The molecule has 1 saturated carbocycles. The van der Waals surface area contributed by atoms with Crippen LogP contribution in [0.2, 0.25) is 0 Å². The van der Waals surface area contributed by atoms with Crippen molar-refractivity contribution in [3.8, 4) is 0 Å². The zero-order valence-electron chi connectivity index (χ0n) is 12.3. The summed E-state index contributed by atoms with van der Waals surface area (Å²) in [6.45, 7) is 14.3. The van der Waals surface area contributed by atoms with E-state index in [1.807, 2.05) is 0 Å². The summed E-state index contributed by atoms with van der Waals surface area (Å²) in [6.07, 6.45) is 4.17. The third kappa shape index (κ3) is 3.03. The number of nitrogens with one attached hydrogen (secondary N) is 1. The van der Waals surface area contributed by atoms with Crippen LogP contribution in [0.4, 0.5) is 0 Å². The first-order chi connectivity index (χ1) is 7.93. The minimum atomic E-state index is 0.388. The van der Waals surface area contributed by atoms with Crippen molar-refractivity contribution >= 4 is 0 Å². The number of hydrogen-bond donors (Lipinski definition) is 1. The van der Waals surface area contributed by atoms with Gasteiger partial charge >= 0.3 is 0 Å². The van der Waals surface area contributed by atoms with Gasteiger partial charge in [0, 0.05) is 31.2 Å². The maximum Gasteiger partial charge on any atom is 0.0224 e. The lowest BCUT2D eigenvalue weighted by Gasteiger charge is -2.47. The van der Waals surface area contributed by atoms with Gasteiger partial charge in [0.25, 0.3) is 0 Å². The van der Waals surface area contributed by atoms with E-state index in [0.717, 1.165) is 18.0 Å². The van der Waals surface area contributed by atoms with Crippen LogP contribution in [0.15, 0.2) is 0 Å². The van der Waals surface area contributed by atoms with Crippen molar-refractivity contribution in [3.05, 3.63) is 0 Å². The van der Waals surface area contributed by atoms with Gasteiger partial charge in [0.15, 0.2) is 0 Å². The molecule has 100 valence electrons. The van der Waals surface area contributed by atoms with E-state index < -0.39 is 0 Å². The maximum atomic E-state index is 3.78. The largest absolute Gasteiger partial charge is 0.311 e. The molecule has 0 radical (unpaired) electrons. The Morgan fingerprint density at radius 1 is 1.29 bits per heavy atom. The van der Waals surface area contributed by atoms with Crippen LogP contribution < -0.4 is 5.32 Å². The van der Waals surface area contributed by atoms with E-state index in [0.29, 0.717) is 11.5 Å². The van der Waals surface area contributed by atoms with E-state index in [1.165, 1.54) is 32.4 Å². The quantitative estimate of drug-likeness (QED) is 0.813. The van der Waals surface area contributed by atoms with Crippen molar-refractivity contribution in [2.75, 3.05) is 13.1 Å². The number of nitrogens with zero attached hydrogens (tertiary/aromatic N) is 1. The van der Waals surface area contributed by atoms with Gasteiger partial charge in [-0.25, -0.2) is 0 Å². The molecule has 1 aliphatic heterocycles. The fraction of sp³-hybridized carbons (Fsp3) is 1.00. The molecular weight excluding hydrogens is 208 g/mol. The van der Waals surface area contributed by atoms with Crippen LogP contribution >= 0.6 is 0 Å². The Bertz CT molecular complexity index is 252. The average Bonchev–Trinajstić information content (AvgIpc) is 3.09. The molecule has 0 aromatic rings. The van der Waals surface area contributed by atoms with E-state index in [4.69, 9.17) is 0 Å². The van der Waals surface area contributed by atoms with E-state index in [9.17, 15) is 0 Å². The summed E-state index contributed by atoms with van der Waals surface area (Å²) in [5.74, 6) is 0.975. The Labute approximate surface area is 107 Å². The molecular formula is C15H30N2. The second-order valence-electron chi connectivity index (χ2n) is 7.15. The normalized spacial score (nSPS) is 33.7. The number of rotatable bonds is 3. The first-order valence-electron chi connectivity index (χ1n) is 7.42. The minimum absolute atomic E-state index is 0.388. The lowest BCUT2D eigenvalue weighted by Crippen LogP contribution is -2.61. The van der Waals surface area contributed by atoms with E-state index in [-0.39, 0.29) is 0 Å². The fourth-order valence-corrected chi connectivity index (χ4v) is 3.01. The van der Waals surface area contributed by atoms with Gasteiger partial charge in [0.05, 0.1) is 0 Å². The molecule has 2 nitrogen and oxygen atoms in total. The van der Waals surface area contributed by atoms with Gasteiger partial charge < -0.3 is 5.32 Å². The lowest BCUT2D eigenvalue weighted by atomic mass is 9.84. The van der Waals surface area contributed by atoms with Crippen LogP contribution in [-0.2, 0) is 0 Å². The highest BCUT2D eigenvalue weighted by molar-refractivity contribution is 4.97. The van der Waals surface area contributed by atoms with Gasteiger partial charge in [-0.05, 0) is 37.5 Å². The summed E-state index contributed by atoms with van der Waals surface area (Å²) in [6, 6.07) is 2.18. The monoisotopic (exact) mass is 238 g/mol. The number of piperazine rings is 1. The van der Waals surface area contributed by atoms with Crippen LogP contribution in [0.1, 0.15) is 53.9 Å². The molecule has 1 N–H and O–H groups in total. The summed E-state index contributed by atoms with van der Waals surface area (Å²) < 4.78 is 0. The minimum Gasteiger partial charge on any atom is -0.311 e. The molecule has 0 spiro atoms. The summed E-state index contributed by atoms with van der Waals surface area (Å²) in [7, 11) is 0. The van der Waals surface area contributed by atoms with Gasteiger partial charge in [0.1, 0.15) is 0 Å². The molecule has 2 heteroatoms. The van der Waals surface area contributed by atoms with Crippen molar-refractivity contribution in [2.45, 2.75) is 72.0 Å². The van der Waals surface area contributed by atoms with E-state index in [2.05, 4.69) is 44.8 Å². The molecule has 0 amide bonds. The third-order valence-electron chi connectivity index (χ3n) is 4.91. The molecule has 1 heterocycles. The van der Waals surface area contributed by atoms with Gasteiger partial charge in [0.2, 0.25) is 0 Å². The molecule has 1 aliphatic carbocycles. The number of hydrogen-bond acceptors (Lipinski definition) is 2. The Kier molecular flexibility index (Phi) is 3.84. The predicted molar refractivity (Wildman–Crippen MR) is 74.2 cm³/mol. The molecule has 0 bridgehead atoms. The highest BCUT2D eigenvalue weighted by Crippen LogP contribution is 2.36. The van der Waals surface area contributed by atoms with Crippen LogP contribution in [0, 0.1) is 11.3 Å². The Hall–Kier alpha value is -0.0800. The molecule has 2 aliphatic rings. The van der Waals surface area contributed by atoms with Gasteiger partial charge in [-0.3, -0.25) is 4.90 Å². The SMILES string of the molecule is CCC1CNC(C2CC2)CN1C(C)C(C)(C)C. The zero-order valence-corrected chi connectivity index (χ0v) is 12.3. The second-order valence-corrected chi connectivity index (χ2v) is 7.15. The smallest absolute Gasteiger partial charge is 0.0224 e. The summed E-state index contributed by atoms with van der Waals surface area (Å²) in [5.41, 5.74) is 0.388. The molecule has 1 saturated heterocycles. The predicted octanol–water partition coefficient (Wildman–Crippen LogP) is 2.88. The van der Waals surface area contributed by atoms with Gasteiger partial charge in [-0.15, -0.1) is 0 Å². The van der Waals surface area contributed by atoms with Crippen molar-refractivity contribution in [2.24, 2.45) is 11.3 Å². The lowest BCUT2D eigenvalue weighted by molar-refractivity contribution is 0.0302. The molecule has 0 aromatic heterocycles. The topological polar surface area (TPSA) is 15.3 Å². The third-order valence-corrected chi connectivity index (χ3v) is 4.91. The first kappa shape index (κ1) is 13.4. The van der Waals surface area contributed by atoms with Crippen LogP contribution in [0.3, 0.4) is 0 Å². The maximum absolute atomic E-state index is 3.78. The highest BCUT2D eigenvalue weighted by atomic mass is 15.3. The zero-order chi connectivity index (χ0) is 12.6. The van der Waals surface area contributed by atoms with Crippen LogP contribution in [0.5, 0.6) is 0 Å². The van der Waals surface area contributed by atoms with E-state index >= 15 is 0 Å². The summed E-state index contributed by atoms with van der Waals surface area (Å²) in [4.78, 5) is 2.78. The molecule has 0 aromatic carbocycles. The van der Waals surface area contributed by atoms with Gasteiger partial charge in [-0.1, -0.05) is 27.7 Å². The second kappa shape index (κ2) is 4.89. The molecule has 3 atom stereocenters. The summed E-state index contributed by atoms with van der Waals surface area (Å²) in [5, 5.41) is 3.78. The average molecular weight is 238 g/mol. The van der Waals surface area contributed by atoms with Crippen LogP contribution in [0.25, 0.3) is 0 Å². The molecule has 2 fully saturated rings. The molecule has 2 rings (SSSR count). The standard InChI is InChI=1S/C15H30N2/c1-6-13-9-16-14(12-7-8-12)10-17(13)11(2)15(3,4)5/h11-14,16H,6-10H2,1-5H3. The van der Waals surface area contributed by atoms with Crippen molar-refractivity contribution in [1.82, 2.24) is 10.2 Å². The highest BCUT2D eigenvalue weighted by Gasteiger charge is 2.40. The van der Waals surface area contributed by atoms with Crippen molar-refractivity contribution in [1.29, 1.82) is 0 Å². The Balaban J connectivity index is 2.03. The van der Waals surface area contributed by atoms with Crippen molar-refractivity contribution in [3.63, 3.8) is 0 Å². The molecule has 17 heavy (non-hydrogen) atoms. The van der Waals surface area contributed by atoms with Crippen LogP contribution in [-0.4, -0.2) is 36.1 Å². The Morgan fingerprint density at radius 2 is 1.94 bits per heavy atom. The fourth-order valence-electron chi connectivity index (χ4n) is 3.01. The first-order valence-corrected chi connectivity index (χ1v) is 7.42. The van der Waals surface area contributed by atoms with E-state index in [1.54, 1.807) is 0 Å². The Morgan fingerprint density at radius 3 is 2.41 bits per heavy atom. The van der Waals surface area contributed by atoms with Crippen molar-refractivity contribution < 1.29 is 0 Å². The molecule has 3 unspecified atom stereocenters.